The lowest BCUT2D eigenvalue weighted by Gasteiger charge is -2.32. The van der Waals surface area contributed by atoms with Crippen molar-refractivity contribution in [2.24, 2.45) is 11.8 Å². The van der Waals surface area contributed by atoms with Gasteiger partial charge in [-0.15, -0.1) is 0 Å². The van der Waals surface area contributed by atoms with Gasteiger partial charge >= 0.3 is 0 Å². The number of amides is 2. The molecule has 1 aliphatic carbocycles. The topological polar surface area (TPSA) is 67.2 Å². The third-order valence-corrected chi connectivity index (χ3v) is 5.12. The molecule has 2 aliphatic rings. The molecule has 2 aromatic rings. The van der Waals surface area contributed by atoms with Crippen LogP contribution < -0.4 is 5.32 Å². The van der Waals surface area contributed by atoms with E-state index >= 15 is 0 Å². The van der Waals surface area contributed by atoms with Crippen LogP contribution in [0.4, 0.5) is 5.69 Å². The number of hydrogen-bond acceptors (Lipinski definition) is 3. The van der Waals surface area contributed by atoms with Crippen molar-refractivity contribution < 1.29 is 9.59 Å². The second-order valence-corrected chi connectivity index (χ2v) is 7.30. The molecule has 0 bridgehead atoms. The minimum Gasteiger partial charge on any atom is -0.342 e. The number of carbonyl (C=O) groups excluding carboxylic acids is 2. The highest BCUT2D eigenvalue weighted by Crippen LogP contribution is 2.32. The molecule has 26 heavy (non-hydrogen) atoms. The van der Waals surface area contributed by atoms with E-state index in [1.807, 2.05) is 46.1 Å². The maximum Gasteiger partial charge on any atom is 0.229 e. The van der Waals surface area contributed by atoms with Gasteiger partial charge < -0.3 is 10.2 Å². The average Bonchev–Trinajstić information content (AvgIpc) is 3.43. The predicted molar refractivity (Wildman–Crippen MR) is 98.4 cm³/mol. The maximum atomic E-state index is 12.6. The fourth-order valence-corrected chi connectivity index (χ4v) is 3.51. The Kier molecular flexibility index (Phi) is 4.73. The van der Waals surface area contributed by atoms with Crippen LogP contribution in [0.5, 0.6) is 0 Å². The maximum absolute atomic E-state index is 12.6. The Bertz CT molecular complexity index is 782. The van der Waals surface area contributed by atoms with Gasteiger partial charge in [-0.3, -0.25) is 14.3 Å². The molecule has 1 aromatic heterocycles. The van der Waals surface area contributed by atoms with Gasteiger partial charge in [0.05, 0.1) is 24.3 Å². The molecule has 1 saturated carbocycles. The lowest BCUT2D eigenvalue weighted by molar-refractivity contribution is -0.135. The largest absolute Gasteiger partial charge is 0.342 e. The zero-order valence-electron chi connectivity index (χ0n) is 14.8. The first kappa shape index (κ1) is 16.8. The summed E-state index contributed by atoms with van der Waals surface area (Å²) in [7, 11) is 0. The number of piperidine rings is 1. The first-order valence-electron chi connectivity index (χ1n) is 9.35. The normalized spacial score (nSPS) is 20.0. The van der Waals surface area contributed by atoms with Gasteiger partial charge in [0.15, 0.2) is 0 Å². The molecule has 1 aliphatic heterocycles. The number of nitrogens with zero attached hydrogens (tertiary/aromatic N) is 3. The molecule has 1 atom stereocenters. The van der Waals surface area contributed by atoms with E-state index in [9.17, 15) is 9.59 Å². The van der Waals surface area contributed by atoms with E-state index in [-0.39, 0.29) is 23.7 Å². The summed E-state index contributed by atoms with van der Waals surface area (Å²) in [6, 6.07) is 10.1. The van der Waals surface area contributed by atoms with Crippen molar-refractivity contribution in [2.45, 2.75) is 32.2 Å². The monoisotopic (exact) mass is 352 g/mol. The standard InChI is InChI=1S/C20H24N4O2/c25-19(17-7-4-10-23(13-17)20(26)16-8-9-16)22-18-11-21-24(14-18)12-15-5-2-1-3-6-15/h1-3,5-6,11,14,16-17H,4,7-10,12-13H2,(H,22,25). The van der Waals surface area contributed by atoms with Gasteiger partial charge in [-0.25, -0.2) is 0 Å². The van der Waals surface area contributed by atoms with E-state index in [4.69, 9.17) is 0 Å². The third kappa shape index (κ3) is 3.95. The number of aromatic nitrogens is 2. The lowest BCUT2D eigenvalue weighted by atomic mass is 9.96. The van der Waals surface area contributed by atoms with Crippen LogP contribution in [0.3, 0.4) is 0 Å². The molecule has 6 heteroatoms. The van der Waals surface area contributed by atoms with Gasteiger partial charge in [-0.2, -0.15) is 5.10 Å². The Morgan fingerprint density at radius 1 is 1.12 bits per heavy atom. The highest BCUT2D eigenvalue weighted by Gasteiger charge is 2.36. The molecule has 1 saturated heterocycles. The number of likely N-dealkylation sites (tertiary alicyclic amines) is 1. The van der Waals surface area contributed by atoms with Crippen LogP contribution in [0, 0.1) is 11.8 Å². The molecule has 2 heterocycles. The Hall–Kier alpha value is -2.63. The van der Waals surface area contributed by atoms with Crippen LogP contribution in [0.2, 0.25) is 0 Å². The number of benzene rings is 1. The van der Waals surface area contributed by atoms with Crippen molar-refractivity contribution in [1.82, 2.24) is 14.7 Å². The Morgan fingerprint density at radius 3 is 2.69 bits per heavy atom. The van der Waals surface area contributed by atoms with Crippen LogP contribution in [-0.4, -0.2) is 39.6 Å². The van der Waals surface area contributed by atoms with Crippen molar-refractivity contribution in [3.05, 3.63) is 48.3 Å². The molecular weight excluding hydrogens is 328 g/mol. The van der Waals surface area contributed by atoms with Gasteiger partial charge in [-0.1, -0.05) is 30.3 Å². The van der Waals surface area contributed by atoms with Gasteiger partial charge in [0.2, 0.25) is 11.8 Å². The smallest absolute Gasteiger partial charge is 0.229 e. The molecule has 0 radical (unpaired) electrons. The lowest BCUT2D eigenvalue weighted by Crippen LogP contribution is -2.44. The third-order valence-electron chi connectivity index (χ3n) is 5.12. The minimum atomic E-state index is -0.135. The molecule has 6 nitrogen and oxygen atoms in total. The zero-order valence-corrected chi connectivity index (χ0v) is 14.8. The summed E-state index contributed by atoms with van der Waals surface area (Å²) in [5, 5.41) is 7.28. The number of hydrogen-bond donors (Lipinski definition) is 1. The molecule has 1 unspecified atom stereocenters. The van der Waals surface area contributed by atoms with Crippen molar-refractivity contribution in [3.63, 3.8) is 0 Å². The summed E-state index contributed by atoms with van der Waals surface area (Å²) in [4.78, 5) is 26.7. The van der Waals surface area contributed by atoms with E-state index in [0.717, 1.165) is 37.8 Å². The van der Waals surface area contributed by atoms with Crippen molar-refractivity contribution >= 4 is 17.5 Å². The predicted octanol–water partition coefficient (Wildman–Crippen LogP) is 2.52. The second-order valence-electron chi connectivity index (χ2n) is 7.30. The fraction of sp³-hybridized carbons (Fsp3) is 0.450. The first-order valence-corrected chi connectivity index (χ1v) is 9.35. The number of rotatable bonds is 5. The molecule has 136 valence electrons. The zero-order chi connectivity index (χ0) is 17.9. The Labute approximate surface area is 153 Å². The quantitative estimate of drug-likeness (QED) is 0.899. The van der Waals surface area contributed by atoms with E-state index in [1.165, 1.54) is 0 Å². The molecular formula is C20H24N4O2. The van der Waals surface area contributed by atoms with Crippen molar-refractivity contribution in [1.29, 1.82) is 0 Å². The summed E-state index contributed by atoms with van der Waals surface area (Å²) in [6.45, 7) is 2.00. The van der Waals surface area contributed by atoms with Gasteiger partial charge in [0.25, 0.3) is 0 Å². The Balaban J connectivity index is 1.33. The second kappa shape index (κ2) is 7.32. The number of anilines is 1. The average molecular weight is 352 g/mol. The summed E-state index contributed by atoms with van der Waals surface area (Å²) >= 11 is 0. The van der Waals surface area contributed by atoms with E-state index < -0.39 is 0 Å². The summed E-state index contributed by atoms with van der Waals surface area (Å²) < 4.78 is 1.81. The van der Waals surface area contributed by atoms with Crippen LogP contribution in [0.1, 0.15) is 31.2 Å². The first-order chi connectivity index (χ1) is 12.7. The van der Waals surface area contributed by atoms with Crippen LogP contribution >= 0.6 is 0 Å². The van der Waals surface area contributed by atoms with Crippen molar-refractivity contribution in [3.8, 4) is 0 Å². The van der Waals surface area contributed by atoms with Crippen molar-refractivity contribution in [2.75, 3.05) is 18.4 Å². The van der Waals surface area contributed by atoms with Crippen LogP contribution in [0.15, 0.2) is 42.7 Å². The highest BCUT2D eigenvalue weighted by molar-refractivity contribution is 5.93. The van der Waals surface area contributed by atoms with Crippen LogP contribution in [0.25, 0.3) is 0 Å². The number of carbonyl (C=O) groups is 2. The minimum absolute atomic E-state index is 0.0161. The van der Waals surface area contributed by atoms with E-state index in [1.54, 1.807) is 6.20 Å². The molecule has 2 fully saturated rings. The van der Waals surface area contributed by atoms with Gasteiger partial charge in [0.1, 0.15) is 0 Å². The Morgan fingerprint density at radius 2 is 1.92 bits per heavy atom. The van der Waals surface area contributed by atoms with Crippen LogP contribution in [-0.2, 0) is 16.1 Å². The molecule has 0 spiro atoms. The molecule has 1 N–H and O–H groups in total. The molecule has 2 amide bonds. The van der Waals surface area contributed by atoms with Gasteiger partial charge in [-0.05, 0) is 31.2 Å². The van der Waals surface area contributed by atoms with Gasteiger partial charge in [0, 0.05) is 25.2 Å². The summed E-state index contributed by atoms with van der Waals surface area (Å²) in [5.74, 6) is 0.299. The fourth-order valence-electron chi connectivity index (χ4n) is 3.51. The summed E-state index contributed by atoms with van der Waals surface area (Å²) in [5.41, 5.74) is 1.87. The summed E-state index contributed by atoms with van der Waals surface area (Å²) in [6.07, 6.45) is 7.26. The molecule has 1 aromatic carbocycles. The molecule has 4 rings (SSSR count). The number of nitrogens with one attached hydrogen (secondary N) is 1. The van der Waals surface area contributed by atoms with E-state index in [2.05, 4.69) is 10.4 Å². The highest BCUT2D eigenvalue weighted by atomic mass is 16.2. The van der Waals surface area contributed by atoms with E-state index in [0.29, 0.717) is 18.8 Å². The SMILES string of the molecule is O=C(Nc1cnn(Cc2ccccc2)c1)C1CCCN(C(=O)C2CC2)C1.